The zero-order valence-corrected chi connectivity index (χ0v) is 33.7. The third-order valence-corrected chi connectivity index (χ3v) is 10.6. The average Bonchev–Trinajstić information content (AvgIpc) is 3.94. The Labute approximate surface area is 340 Å². The summed E-state index contributed by atoms with van der Waals surface area (Å²) >= 11 is 7.96. The molecule has 17 nitrogen and oxygen atoms in total. The Hall–Kier alpha value is -6.14. The smallest absolute Gasteiger partial charge is 0.416 e. The van der Waals surface area contributed by atoms with Gasteiger partial charge >= 0.3 is 6.09 Å². The highest BCUT2D eigenvalue weighted by atomic mass is 35.5. The molecule has 58 heavy (non-hydrogen) atoms. The van der Waals surface area contributed by atoms with Gasteiger partial charge in [0.25, 0.3) is 11.8 Å². The maximum Gasteiger partial charge on any atom is 0.416 e. The Kier molecular flexibility index (Phi) is 10.2. The molecule has 0 aromatic carbocycles. The van der Waals surface area contributed by atoms with Gasteiger partial charge in [-0.1, -0.05) is 11.6 Å². The van der Waals surface area contributed by atoms with Gasteiger partial charge in [0.15, 0.2) is 11.3 Å². The molecule has 0 unspecified atom stereocenters. The topological polar surface area (TPSA) is 206 Å². The molecular formula is C39H40ClN11O6S. The third-order valence-electron chi connectivity index (χ3n) is 9.31. The van der Waals surface area contributed by atoms with Crippen LogP contribution in [0.2, 0.25) is 5.15 Å². The largest absolute Gasteiger partial charge is 0.443 e. The molecule has 300 valence electrons. The number of amides is 5. The van der Waals surface area contributed by atoms with E-state index in [0.29, 0.717) is 52.0 Å². The minimum Gasteiger partial charge on any atom is -0.443 e. The minimum atomic E-state index is -0.651. The van der Waals surface area contributed by atoms with Gasteiger partial charge in [-0.3, -0.25) is 34.7 Å². The van der Waals surface area contributed by atoms with Crippen LogP contribution >= 0.6 is 22.9 Å². The molecule has 4 fully saturated rings. The zero-order chi connectivity index (χ0) is 40.9. The van der Waals surface area contributed by atoms with Gasteiger partial charge in [0.05, 0.1) is 31.8 Å². The summed E-state index contributed by atoms with van der Waals surface area (Å²) in [5, 5.41) is 22.5. The highest BCUT2D eigenvalue weighted by molar-refractivity contribution is 7.10. The van der Waals surface area contributed by atoms with Crippen LogP contribution in [0.25, 0.3) is 23.4 Å². The minimum absolute atomic E-state index is 0.00393. The second kappa shape index (κ2) is 15.3. The number of carbonyl (C=O) groups excluding carboxylic acids is 5. The van der Waals surface area contributed by atoms with E-state index in [2.05, 4.69) is 54.8 Å². The molecule has 2 saturated carbocycles. The van der Waals surface area contributed by atoms with Gasteiger partial charge in [-0.25, -0.2) is 14.8 Å². The van der Waals surface area contributed by atoms with E-state index < -0.39 is 17.6 Å². The molecule has 2 aliphatic carbocycles. The fourth-order valence-corrected chi connectivity index (χ4v) is 7.36. The lowest BCUT2D eigenvalue weighted by Crippen LogP contribution is -2.39. The van der Waals surface area contributed by atoms with Crippen LogP contribution in [0.3, 0.4) is 0 Å². The first-order valence-corrected chi connectivity index (χ1v) is 20.0. The van der Waals surface area contributed by atoms with Gasteiger partial charge < -0.3 is 15.4 Å². The lowest BCUT2D eigenvalue weighted by molar-refractivity contribution is -0.125. The number of ether oxygens (including phenoxy) is 1. The Morgan fingerprint density at radius 1 is 0.931 bits per heavy atom. The molecule has 5 aromatic rings. The summed E-state index contributed by atoms with van der Waals surface area (Å²) in [7, 11) is 0. The second-order valence-electron chi connectivity index (χ2n) is 15.5. The number of carbonyl (C=O) groups is 5. The Morgan fingerprint density at radius 2 is 1.55 bits per heavy atom. The zero-order valence-electron chi connectivity index (χ0n) is 32.1. The van der Waals surface area contributed by atoms with Crippen molar-refractivity contribution in [1.82, 2.24) is 39.8 Å². The second-order valence-corrected chi connectivity index (χ2v) is 16.9. The molecule has 4 N–H and O–H groups in total. The SMILES string of the molecule is CC(C)(C)OC(=O)N(c1cc(Cl)nc2c(/C=C3\CC(=O)NC3=O)cnn12)C1CC1.Cc1csc(CNc2cc(NC3CC3)n3ncc(/C=C4\CC(=O)NC4=O)c3n2)c1. The van der Waals surface area contributed by atoms with Crippen LogP contribution in [-0.4, -0.2) is 76.6 Å². The van der Waals surface area contributed by atoms with E-state index in [9.17, 15) is 24.0 Å². The summed E-state index contributed by atoms with van der Waals surface area (Å²) in [6.07, 6.45) is 10.0. The number of imide groups is 2. The van der Waals surface area contributed by atoms with Gasteiger partial charge in [0.2, 0.25) is 11.8 Å². The number of rotatable bonds is 9. The normalized spacial score (nSPS) is 18.2. The predicted octanol–water partition coefficient (Wildman–Crippen LogP) is 5.43. The van der Waals surface area contributed by atoms with E-state index in [-0.39, 0.29) is 41.8 Å². The van der Waals surface area contributed by atoms with Crippen molar-refractivity contribution in [3.8, 4) is 0 Å². The van der Waals surface area contributed by atoms with Gasteiger partial charge in [0, 0.05) is 51.4 Å². The van der Waals surface area contributed by atoms with Crippen LogP contribution in [0.15, 0.2) is 47.1 Å². The van der Waals surface area contributed by atoms with Crippen molar-refractivity contribution in [2.24, 2.45) is 0 Å². The molecule has 0 atom stereocenters. The van der Waals surface area contributed by atoms with Crippen molar-refractivity contribution >= 4 is 93.6 Å². The van der Waals surface area contributed by atoms with Gasteiger partial charge in [-0.05, 0) is 82.5 Å². The van der Waals surface area contributed by atoms with E-state index in [1.54, 1.807) is 65.9 Å². The molecular weight excluding hydrogens is 786 g/mol. The standard InChI is InChI=1S/C20H20N6O2S.C19H20ClN5O4/c1-11-4-15(29-10-11)9-21-16-7-17(23-14-2-3-14)26-19(24-16)13(8-22-26)5-12-6-18(27)25-20(12)28;1-19(2,3)29-18(28)24(12-4-5-12)15-8-13(20)22-16-11(9-21-25(15)16)6-10-7-14(26)23-17(10)27/h4-5,7-8,10,14,23H,2-3,6,9H2,1H3,(H,21,24)(H,25,27,28);6,8-9,12H,4-5,7H2,1-3H3,(H,23,26,27)/b12-5+;10-6+. The Balaban J connectivity index is 0.000000162. The summed E-state index contributed by atoms with van der Waals surface area (Å²) in [4.78, 5) is 71.4. The molecule has 5 aromatic heterocycles. The van der Waals surface area contributed by atoms with Crippen molar-refractivity contribution in [3.63, 3.8) is 0 Å². The summed E-state index contributed by atoms with van der Waals surface area (Å²) in [5.41, 5.74) is 3.59. The summed E-state index contributed by atoms with van der Waals surface area (Å²) in [5.74, 6) is 0.605. The lowest BCUT2D eigenvalue weighted by atomic mass is 10.1. The number of thiophene rings is 1. The van der Waals surface area contributed by atoms with Crippen molar-refractivity contribution in [3.05, 3.63) is 73.8 Å². The number of nitrogens with zero attached hydrogens (tertiary/aromatic N) is 7. The van der Waals surface area contributed by atoms with E-state index >= 15 is 0 Å². The summed E-state index contributed by atoms with van der Waals surface area (Å²) in [6, 6.07) is 6.13. The number of hydrogen-bond donors (Lipinski definition) is 4. The molecule has 5 amide bonds. The van der Waals surface area contributed by atoms with Crippen LogP contribution in [0.5, 0.6) is 0 Å². The monoisotopic (exact) mass is 825 g/mol. The number of aryl methyl sites for hydroxylation is 1. The van der Waals surface area contributed by atoms with Crippen LogP contribution < -0.4 is 26.2 Å². The third kappa shape index (κ3) is 8.72. The highest BCUT2D eigenvalue weighted by Gasteiger charge is 2.38. The number of nitrogens with one attached hydrogen (secondary N) is 4. The predicted molar refractivity (Wildman–Crippen MR) is 217 cm³/mol. The lowest BCUT2D eigenvalue weighted by Gasteiger charge is -2.27. The van der Waals surface area contributed by atoms with Crippen LogP contribution in [0.1, 0.15) is 80.9 Å². The quantitative estimate of drug-likeness (QED) is 0.0834. The first kappa shape index (κ1) is 38.7. The number of anilines is 3. The molecule has 0 radical (unpaired) electrons. The van der Waals surface area contributed by atoms with Crippen LogP contribution in [-0.2, 0) is 30.5 Å². The number of halogens is 1. The molecule has 0 spiro atoms. The summed E-state index contributed by atoms with van der Waals surface area (Å²) in [6.45, 7) is 8.18. The molecule has 2 saturated heterocycles. The van der Waals surface area contributed by atoms with E-state index in [1.165, 1.54) is 21.2 Å². The van der Waals surface area contributed by atoms with Gasteiger partial charge in [-0.2, -0.15) is 19.2 Å². The van der Waals surface area contributed by atoms with Gasteiger partial charge in [0.1, 0.15) is 28.2 Å². The van der Waals surface area contributed by atoms with Crippen molar-refractivity contribution < 1.29 is 28.7 Å². The maximum atomic E-state index is 12.9. The molecule has 19 heteroatoms. The van der Waals surface area contributed by atoms with Crippen molar-refractivity contribution in [2.75, 3.05) is 15.5 Å². The van der Waals surface area contributed by atoms with Crippen molar-refractivity contribution in [1.29, 1.82) is 0 Å². The van der Waals surface area contributed by atoms with Crippen LogP contribution in [0.4, 0.5) is 22.2 Å². The average molecular weight is 826 g/mol. The summed E-state index contributed by atoms with van der Waals surface area (Å²) < 4.78 is 8.81. The van der Waals surface area contributed by atoms with E-state index in [0.717, 1.165) is 37.3 Å². The van der Waals surface area contributed by atoms with E-state index in [4.69, 9.17) is 21.3 Å². The molecule has 4 aliphatic rings. The number of fused-ring (bicyclic) bond motifs is 2. The van der Waals surface area contributed by atoms with Crippen LogP contribution in [0, 0.1) is 6.92 Å². The number of hydrogen-bond acceptors (Lipinski definition) is 13. The molecule has 9 rings (SSSR count). The fraction of sp³-hybridized carbons (Fsp3) is 0.359. The number of aromatic nitrogens is 6. The van der Waals surface area contributed by atoms with Gasteiger partial charge in [-0.15, -0.1) is 11.3 Å². The first-order valence-electron chi connectivity index (χ1n) is 18.8. The molecule has 7 heterocycles. The molecule has 2 aliphatic heterocycles. The Morgan fingerprint density at radius 3 is 2.09 bits per heavy atom. The van der Waals surface area contributed by atoms with E-state index in [1.807, 2.05) is 6.07 Å². The highest BCUT2D eigenvalue weighted by Crippen LogP contribution is 2.35. The first-order chi connectivity index (χ1) is 27.7. The van der Waals surface area contributed by atoms with Crippen molar-refractivity contribution in [2.45, 2.75) is 90.4 Å². The fourth-order valence-electron chi connectivity index (χ4n) is 6.37. The Bertz CT molecular complexity index is 2580. The molecule has 0 bridgehead atoms. The maximum absolute atomic E-state index is 12.9.